The Morgan fingerprint density at radius 2 is 2.10 bits per heavy atom. The molecule has 0 radical (unpaired) electrons. The number of rotatable bonds is 5. The van der Waals surface area contributed by atoms with Gasteiger partial charge in [-0.05, 0) is 24.5 Å². The van der Waals surface area contributed by atoms with E-state index >= 15 is 0 Å². The Hall–Kier alpha value is -1.55. The molecule has 1 heterocycles. The van der Waals surface area contributed by atoms with Crippen molar-refractivity contribution in [3.8, 4) is 0 Å². The lowest BCUT2D eigenvalue weighted by Gasteiger charge is -2.27. The van der Waals surface area contributed by atoms with Crippen LogP contribution in [0.25, 0.3) is 0 Å². The number of benzene rings is 1. The number of anilines is 1. The van der Waals surface area contributed by atoms with Crippen LogP contribution < -0.4 is 5.32 Å². The molecule has 1 saturated heterocycles. The number of amides is 1. The van der Waals surface area contributed by atoms with Crippen molar-refractivity contribution in [2.24, 2.45) is 0 Å². The molecule has 0 spiro atoms. The van der Waals surface area contributed by atoms with Crippen LogP contribution in [0.15, 0.2) is 18.2 Å². The highest BCUT2D eigenvalue weighted by Crippen LogP contribution is 2.20. The fourth-order valence-corrected chi connectivity index (χ4v) is 2.54. The molecule has 0 unspecified atom stereocenters. The van der Waals surface area contributed by atoms with Gasteiger partial charge in [-0.2, -0.15) is 0 Å². The minimum atomic E-state index is 0.215. The molecule has 0 bridgehead atoms. The lowest BCUT2D eigenvalue weighted by atomic mass is 10.1. The lowest BCUT2D eigenvalue weighted by Crippen LogP contribution is -2.41. The van der Waals surface area contributed by atoms with Gasteiger partial charge in [0.15, 0.2) is 0 Å². The molecular formula is C16H24N2O2. The summed E-state index contributed by atoms with van der Waals surface area (Å²) in [4.78, 5) is 14.0. The molecule has 0 aromatic heterocycles. The zero-order valence-electron chi connectivity index (χ0n) is 12.4. The van der Waals surface area contributed by atoms with Gasteiger partial charge in [0.2, 0.25) is 5.91 Å². The number of hydrogen-bond donors (Lipinski definition) is 1. The van der Waals surface area contributed by atoms with E-state index < -0.39 is 0 Å². The molecule has 0 aliphatic carbocycles. The van der Waals surface area contributed by atoms with Gasteiger partial charge in [0.1, 0.15) is 0 Å². The topological polar surface area (TPSA) is 41.6 Å². The first-order valence-corrected chi connectivity index (χ1v) is 7.40. The summed E-state index contributed by atoms with van der Waals surface area (Å²) < 4.78 is 5.26. The molecule has 0 atom stereocenters. The molecule has 1 amide bonds. The third-order valence-corrected chi connectivity index (χ3v) is 3.74. The summed E-state index contributed by atoms with van der Waals surface area (Å²) in [5.41, 5.74) is 3.73. The average molecular weight is 276 g/mol. The van der Waals surface area contributed by atoms with E-state index in [1.807, 2.05) is 4.90 Å². The normalized spacial score (nSPS) is 15.2. The zero-order chi connectivity index (χ0) is 14.4. The Morgan fingerprint density at radius 1 is 1.35 bits per heavy atom. The highest BCUT2D eigenvalue weighted by molar-refractivity contribution is 5.77. The van der Waals surface area contributed by atoms with Crippen molar-refractivity contribution >= 4 is 11.6 Å². The van der Waals surface area contributed by atoms with Crippen molar-refractivity contribution in [3.05, 3.63) is 29.3 Å². The van der Waals surface area contributed by atoms with Crippen LogP contribution >= 0.6 is 0 Å². The van der Waals surface area contributed by atoms with Gasteiger partial charge in [0.05, 0.1) is 13.2 Å². The van der Waals surface area contributed by atoms with Gasteiger partial charge >= 0.3 is 0 Å². The maximum absolute atomic E-state index is 12.1. The summed E-state index contributed by atoms with van der Waals surface area (Å²) in [5.74, 6) is 0.215. The van der Waals surface area contributed by atoms with Crippen molar-refractivity contribution in [1.82, 2.24) is 4.90 Å². The second-order valence-electron chi connectivity index (χ2n) is 5.13. The molecule has 0 saturated carbocycles. The Morgan fingerprint density at radius 3 is 2.80 bits per heavy atom. The molecule has 1 aliphatic rings. The van der Waals surface area contributed by atoms with Gasteiger partial charge in [-0.1, -0.05) is 25.1 Å². The van der Waals surface area contributed by atoms with Crippen molar-refractivity contribution in [3.63, 3.8) is 0 Å². The van der Waals surface area contributed by atoms with E-state index in [1.165, 1.54) is 16.8 Å². The Bertz CT molecular complexity index is 454. The fourth-order valence-electron chi connectivity index (χ4n) is 2.54. The van der Waals surface area contributed by atoms with Crippen LogP contribution in [0.3, 0.4) is 0 Å². The lowest BCUT2D eigenvalue weighted by molar-refractivity contribution is -0.134. The van der Waals surface area contributed by atoms with Crippen LogP contribution in [0, 0.1) is 6.92 Å². The smallest absolute Gasteiger partial charge is 0.224 e. The first-order chi connectivity index (χ1) is 9.72. The molecule has 4 nitrogen and oxygen atoms in total. The molecule has 20 heavy (non-hydrogen) atoms. The number of carbonyl (C=O) groups excluding carboxylic acids is 1. The minimum Gasteiger partial charge on any atom is -0.384 e. The number of aryl methyl sites for hydroxylation is 2. The van der Waals surface area contributed by atoms with E-state index in [4.69, 9.17) is 4.74 Å². The van der Waals surface area contributed by atoms with Gasteiger partial charge in [-0.25, -0.2) is 0 Å². The van der Waals surface area contributed by atoms with Gasteiger partial charge in [0, 0.05) is 31.7 Å². The highest BCUT2D eigenvalue weighted by atomic mass is 16.5. The van der Waals surface area contributed by atoms with E-state index in [0.29, 0.717) is 26.2 Å². The molecule has 2 rings (SSSR count). The number of ether oxygens (including phenoxy) is 1. The van der Waals surface area contributed by atoms with Crippen LogP contribution in [-0.4, -0.2) is 43.7 Å². The largest absolute Gasteiger partial charge is 0.384 e. The summed E-state index contributed by atoms with van der Waals surface area (Å²) >= 11 is 0. The number of nitrogens with one attached hydrogen (secondary N) is 1. The molecule has 4 heteroatoms. The number of hydrogen-bond acceptors (Lipinski definition) is 3. The molecular weight excluding hydrogens is 252 g/mol. The Kier molecular flexibility index (Phi) is 5.41. The Balaban J connectivity index is 1.85. The summed E-state index contributed by atoms with van der Waals surface area (Å²) in [5, 5.41) is 3.42. The van der Waals surface area contributed by atoms with E-state index in [-0.39, 0.29) is 5.91 Å². The third-order valence-electron chi connectivity index (χ3n) is 3.74. The van der Waals surface area contributed by atoms with Crippen LogP contribution in [0.2, 0.25) is 0 Å². The minimum absolute atomic E-state index is 0.215. The zero-order valence-corrected chi connectivity index (χ0v) is 12.4. The molecule has 1 aromatic carbocycles. The quantitative estimate of drug-likeness (QED) is 0.896. The number of carbonyl (C=O) groups is 1. The summed E-state index contributed by atoms with van der Waals surface area (Å²) in [7, 11) is 0. The van der Waals surface area contributed by atoms with E-state index in [9.17, 15) is 4.79 Å². The van der Waals surface area contributed by atoms with Crippen LogP contribution in [-0.2, 0) is 16.0 Å². The molecule has 1 fully saturated rings. The average Bonchev–Trinajstić information content (AvgIpc) is 2.49. The monoisotopic (exact) mass is 276 g/mol. The third kappa shape index (κ3) is 3.73. The van der Waals surface area contributed by atoms with Gasteiger partial charge < -0.3 is 15.0 Å². The SMILES string of the molecule is CCc1cccc(C)c1NCCC(=O)N1CCOCC1. The summed E-state index contributed by atoms with van der Waals surface area (Å²) in [6.07, 6.45) is 1.54. The molecule has 1 N–H and O–H groups in total. The first kappa shape index (κ1) is 14.9. The maximum atomic E-state index is 12.1. The van der Waals surface area contributed by atoms with Gasteiger partial charge in [-0.15, -0.1) is 0 Å². The number of nitrogens with zero attached hydrogens (tertiary/aromatic N) is 1. The summed E-state index contributed by atoms with van der Waals surface area (Å²) in [6, 6.07) is 6.32. The van der Waals surface area contributed by atoms with Crippen LogP contribution in [0.5, 0.6) is 0 Å². The highest BCUT2D eigenvalue weighted by Gasteiger charge is 2.16. The maximum Gasteiger partial charge on any atom is 0.224 e. The Labute approximate surface area is 121 Å². The van der Waals surface area contributed by atoms with Crippen molar-refractivity contribution in [2.75, 3.05) is 38.2 Å². The van der Waals surface area contributed by atoms with Gasteiger partial charge in [0.25, 0.3) is 0 Å². The number of morpholine rings is 1. The molecule has 1 aromatic rings. The van der Waals surface area contributed by atoms with Crippen molar-refractivity contribution in [1.29, 1.82) is 0 Å². The first-order valence-electron chi connectivity index (χ1n) is 7.40. The molecule has 110 valence electrons. The standard InChI is InChI=1S/C16H24N2O2/c1-3-14-6-4-5-13(2)16(14)17-8-7-15(19)18-9-11-20-12-10-18/h4-6,17H,3,7-12H2,1-2H3. The second kappa shape index (κ2) is 7.29. The summed E-state index contributed by atoms with van der Waals surface area (Å²) in [6.45, 7) is 7.72. The predicted molar refractivity (Wildman–Crippen MR) is 81.1 cm³/mol. The molecule has 1 aliphatic heterocycles. The van der Waals surface area contributed by atoms with Crippen LogP contribution in [0.1, 0.15) is 24.5 Å². The van der Waals surface area contributed by atoms with Crippen LogP contribution in [0.4, 0.5) is 5.69 Å². The van der Waals surface area contributed by atoms with Gasteiger partial charge in [-0.3, -0.25) is 4.79 Å². The fraction of sp³-hybridized carbons (Fsp3) is 0.562. The van der Waals surface area contributed by atoms with E-state index in [2.05, 4.69) is 37.4 Å². The number of para-hydroxylation sites is 1. The van der Waals surface area contributed by atoms with Crippen molar-refractivity contribution < 1.29 is 9.53 Å². The van der Waals surface area contributed by atoms with E-state index in [1.54, 1.807) is 0 Å². The predicted octanol–water partition coefficient (Wildman–Crippen LogP) is 2.22. The van der Waals surface area contributed by atoms with Crippen molar-refractivity contribution in [2.45, 2.75) is 26.7 Å². The van der Waals surface area contributed by atoms with E-state index in [0.717, 1.165) is 19.5 Å². The second-order valence-corrected chi connectivity index (χ2v) is 5.13.